The van der Waals surface area contributed by atoms with Crippen molar-refractivity contribution in [1.82, 2.24) is 31.0 Å². The molecule has 6 aliphatic rings. The monoisotopic (exact) mass is 1520 g/mol. The van der Waals surface area contributed by atoms with Gasteiger partial charge < -0.3 is 15.4 Å². The lowest BCUT2D eigenvalue weighted by Crippen LogP contribution is -2.36. The molecule has 0 radical (unpaired) electrons. The molecule has 19 heteroatoms. The van der Waals surface area contributed by atoms with Crippen LogP contribution in [0.2, 0.25) is 0 Å². The van der Waals surface area contributed by atoms with Gasteiger partial charge in [-0.2, -0.15) is 35.2 Å². The molecule has 594 valence electrons. The molecule has 4 unspecified atom stereocenters. The van der Waals surface area contributed by atoms with Gasteiger partial charge in [0.25, 0.3) is 0 Å². The Bertz CT molecular complexity index is 3720. The molecule has 2 N–H and O–H groups in total. The zero-order valence-electron chi connectivity index (χ0n) is 69.9. The topological polar surface area (TPSA) is 186 Å². The number of benzene rings is 4. The maximum atomic E-state index is 12.8. The molecular formula is C88H135F3N10O4S2. The van der Waals surface area contributed by atoms with Gasteiger partial charge in [0, 0.05) is 35.0 Å². The zero-order chi connectivity index (χ0) is 80.0. The molecule has 4 aromatic carbocycles. The lowest BCUT2D eigenvalue weighted by Gasteiger charge is -2.20. The summed E-state index contributed by atoms with van der Waals surface area (Å²) in [6.07, 6.45) is 15.5. The minimum absolute atomic E-state index is 0.00722. The minimum Gasteiger partial charge on any atom is -0.494 e. The number of carbonyl (C=O) groups excluding carboxylic acids is 1. The number of thioether (sulfide) groups is 1. The van der Waals surface area contributed by atoms with E-state index < -0.39 is 21.7 Å². The van der Waals surface area contributed by atoms with E-state index in [1.165, 1.54) is 92.9 Å². The Hall–Kier alpha value is -6.26. The number of carbonyl (C=O) groups is 1. The quantitative estimate of drug-likeness (QED) is 0.0461. The van der Waals surface area contributed by atoms with Crippen LogP contribution in [0.5, 0.6) is 5.75 Å². The molecule has 2 saturated heterocycles. The minimum atomic E-state index is -4.44. The van der Waals surface area contributed by atoms with Gasteiger partial charge in [0.2, 0.25) is 5.82 Å². The summed E-state index contributed by atoms with van der Waals surface area (Å²) in [4.78, 5) is 11.7. The third-order valence-electron chi connectivity index (χ3n) is 19.6. The van der Waals surface area contributed by atoms with E-state index in [-0.39, 0.29) is 39.3 Å². The van der Waals surface area contributed by atoms with Crippen molar-refractivity contribution in [2.45, 2.75) is 309 Å². The van der Waals surface area contributed by atoms with Gasteiger partial charge in [-0.05, 0) is 214 Å². The second-order valence-corrected chi connectivity index (χ2v) is 41.6. The van der Waals surface area contributed by atoms with Crippen molar-refractivity contribution in [2.75, 3.05) is 18.1 Å². The fraction of sp³-hybridized carbons (Fsp3) is 0.670. The number of hydrogen-bond acceptors (Lipinski definition) is 13. The Morgan fingerprint density at radius 1 is 0.626 bits per heavy atom. The second-order valence-electron chi connectivity index (χ2n) is 38.2. The number of halogens is 3. The Morgan fingerprint density at radius 3 is 1.65 bits per heavy atom. The van der Waals surface area contributed by atoms with Crippen LogP contribution >= 0.6 is 11.8 Å². The molecular weight excluding hydrogens is 1380 g/mol. The molecule has 4 aliphatic heterocycles. The summed E-state index contributed by atoms with van der Waals surface area (Å²) in [5, 5.41) is 36.2. The lowest BCUT2D eigenvalue weighted by molar-refractivity contribution is -0.166. The normalized spacial score (nSPS) is 20.1. The summed E-state index contributed by atoms with van der Waals surface area (Å²) in [6, 6.07) is 28.6. The molecule has 1 aromatic heterocycles. The standard InChI is InChI=1S/C14H17F3N2.C14H18N4O.C14H22.C13H24N2OS.C13H20O2S.C12H18.C8H16N2/c1-12(2,3)9-8-10-4-6-11(7-5-10)13(18-19-13)14(15,16)17;1-14(2,3)8-9-19-12-6-4-11(5-7-12)13-17-15-10-16-18-13;1-14(2,3)10-13-11-8-6-4-5-7-9-12(11)13;1-13(2,3)7-5-4-6-10-11-9(8-17-10)14-12(16)15-11;1-11-5-7-12(8-6-11)16(14,15)10-9-13(2,3)4;1-9(2)7-12-6-5-10(3)8-11(12)4;1-7(2,3)5-6-8(4)9-10-8/h4-7H,8-9H2,1-3H3;4-7,10H,8-9H2,1-3H3;11-13H,6-10H2,1-3H3;9-11H,4-8H2,1-3H3,(H2,14,15,16);5-8H,9-10H2,1-4H3;5-6,8-9H,7H2,1-4H3;5-6H2,1-4H3/t;;11-,12+,13?;;;;. The third kappa shape index (κ3) is 35.5. The molecule has 1 saturated carbocycles. The highest BCUT2D eigenvalue weighted by atomic mass is 32.2. The van der Waals surface area contributed by atoms with Crippen molar-refractivity contribution < 1.29 is 31.1 Å². The van der Waals surface area contributed by atoms with E-state index in [1.807, 2.05) is 55.1 Å². The van der Waals surface area contributed by atoms with Crippen LogP contribution in [0.15, 0.2) is 123 Å². The number of unbranched alkanes of at least 4 members (excludes halogenated alkanes) is 1. The number of aromatic nitrogens is 4. The highest BCUT2D eigenvalue weighted by Crippen LogP contribution is 2.57. The van der Waals surface area contributed by atoms with Gasteiger partial charge >= 0.3 is 17.9 Å². The summed E-state index contributed by atoms with van der Waals surface area (Å²) >= 11 is 2.02. The van der Waals surface area contributed by atoms with Gasteiger partial charge in [0.1, 0.15) is 5.75 Å². The zero-order valence-corrected chi connectivity index (χ0v) is 71.5. The van der Waals surface area contributed by atoms with Crippen molar-refractivity contribution in [3.63, 3.8) is 0 Å². The van der Waals surface area contributed by atoms with E-state index in [0.717, 1.165) is 90.4 Å². The number of sulfone groups is 1. The van der Waals surface area contributed by atoms with Gasteiger partial charge in [-0.3, -0.25) is 0 Å². The Morgan fingerprint density at radius 2 is 1.17 bits per heavy atom. The Kier molecular flexibility index (Phi) is 33.8. The van der Waals surface area contributed by atoms with E-state index in [0.29, 0.717) is 57.3 Å². The maximum absolute atomic E-state index is 12.8. The number of fused-ring (bicyclic) bond motifs is 2. The molecule has 11 rings (SSSR count). The fourth-order valence-electron chi connectivity index (χ4n) is 12.7. The largest absolute Gasteiger partial charge is 0.494 e. The van der Waals surface area contributed by atoms with Gasteiger partial charge in [-0.15, -0.1) is 42.5 Å². The number of alkyl halides is 3. The van der Waals surface area contributed by atoms with Gasteiger partial charge in [-0.1, -0.05) is 217 Å². The molecule has 3 fully saturated rings. The summed E-state index contributed by atoms with van der Waals surface area (Å²) in [5.74, 6) is 13.1. The van der Waals surface area contributed by atoms with Crippen LogP contribution < -0.4 is 15.4 Å². The van der Waals surface area contributed by atoms with Crippen molar-refractivity contribution in [3.8, 4) is 29.0 Å². The first kappa shape index (κ1) is 91.4. The first-order valence-electron chi connectivity index (χ1n) is 39.2. The van der Waals surface area contributed by atoms with E-state index in [2.05, 4.69) is 241 Å². The number of hydrogen-bond donors (Lipinski definition) is 2. The van der Waals surface area contributed by atoms with E-state index in [9.17, 15) is 26.4 Å². The Labute approximate surface area is 649 Å². The Balaban J connectivity index is 0.000000226. The van der Waals surface area contributed by atoms with Crippen LogP contribution in [0, 0.1) is 88.8 Å². The first-order chi connectivity index (χ1) is 49.4. The lowest BCUT2D eigenvalue weighted by atomic mass is 9.88. The van der Waals surface area contributed by atoms with Crippen LogP contribution in [0.1, 0.15) is 269 Å². The summed E-state index contributed by atoms with van der Waals surface area (Å²) < 4.78 is 68.1. The molecule has 14 nitrogen and oxygen atoms in total. The number of nitrogens with one attached hydrogen (secondary N) is 2. The number of nitrogens with zero attached hydrogens (tertiary/aromatic N) is 8. The smallest absolute Gasteiger partial charge is 0.442 e. The number of ether oxygens (including phenoxy) is 1. The molecule has 5 heterocycles. The van der Waals surface area contributed by atoms with Crippen LogP contribution in [-0.4, -0.2) is 82.1 Å². The summed E-state index contributed by atoms with van der Waals surface area (Å²) in [7, 11) is -3.11. The fourth-order valence-corrected chi connectivity index (χ4v) is 15.9. The van der Waals surface area contributed by atoms with Gasteiger partial charge in [0.15, 0.2) is 21.8 Å². The highest BCUT2D eigenvalue weighted by molar-refractivity contribution is 8.00. The van der Waals surface area contributed by atoms with Crippen LogP contribution in [0.25, 0.3) is 11.4 Å². The molecule has 0 bridgehead atoms. The van der Waals surface area contributed by atoms with Crippen LogP contribution in [0.3, 0.4) is 0 Å². The predicted octanol–water partition coefficient (Wildman–Crippen LogP) is 23.9. The number of aryl methyl sites for hydroxylation is 4. The second kappa shape index (κ2) is 39.6. The third-order valence-corrected chi connectivity index (χ3v) is 22.8. The van der Waals surface area contributed by atoms with E-state index >= 15 is 0 Å². The average Bonchev–Trinajstić information content (AvgIpc) is 1.58. The summed E-state index contributed by atoms with van der Waals surface area (Å²) in [6.45, 7) is 53.6. The van der Waals surface area contributed by atoms with Crippen molar-refractivity contribution in [1.29, 1.82) is 0 Å². The van der Waals surface area contributed by atoms with E-state index in [1.54, 1.807) is 24.3 Å². The average molecular weight is 1520 g/mol. The predicted molar refractivity (Wildman–Crippen MR) is 437 cm³/mol. The molecule has 2 aliphatic carbocycles. The van der Waals surface area contributed by atoms with E-state index in [4.69, 9.17) is 4.74 Å². The van der Waals surface area contributed by atoms with Crippen molar-refractivity contribution >= 4 is 27.6 Å². The molecule has 6 atom stereocenters. The first-order valence-corrected chi connectivity index (χ1v) is 41.9. The van der Waals surface area contributed by atoms with Crippen LogP contribution in [-0.2, 0) is 28.3 Å². The molecule has 2 amide bonds. The molecule has 107 heavy (non-hydrogen) atoms. The van der Waals surface area contributed by atoms with Crippen molar-refractivity contribution in [3.05, 3.63) is 131 Å². The number of amides is 2. The maximum Gasteiger partial charge on any atom is 0.442 e. The highest BCUT2D eigenvalue weighted by Gasteiger charge is 2.65. The summed E-state index contributed by atoms with van der Waals surface area (Å²) in [5.41, 5.74) is 7.05. The van der Waals surface area contributed by atoms with Gasteiger partial charge in [-0.25, -0.2) is 13.2 Å². The van der Waals surface area contributed by atoms with Gasteiger partial charge in [0.05, 0.1) is 29.3 Å². The van der Waals surface area contributed by atoms with Crippen LogP contribution in [0.4, 0.5) is 18.0 Å². The molecule has 0 spiro atoms. The SMILES string of the molecule is CC(C)(C)CC1[C@H]2CCC#CCC[C@@H]12.CC(C)(C)CCC1(C)N=N1.CC(C)(C)CCCCC1SCC2NC(=O)NC21.CC(C)(C)CCOc1ccc(-c2nncnn2)cc1.CC(C)(C)CCc1ccc(C2(C(F)(F)F)N=N2)cc1.Cc1ccc(CC(C)C)c(C)c1.Cc1ccc(S(=O)(=O)CCC(C)(C)C)cc1. The van der Waals surface area contributed by atoms with Crippen molar-refractivity contribution in [2.24, 2.45) is 76.6 Å². The molecule has 5 aromatic rings. The number of urea groups is 1. The number of rotatable bonds is 19.